The van der Waals surface area contributed by atoms with Crippen LogP contribution in [0.1, 0.15) is 61.9 Å². The first-order chi connectivity index (χ1) is 19.4. The van der Waals surface area contributed by atoms with E-state index >= 15 is 0 Å². The molecule has 0 amide bonds. The Morgan fingerprint density at radius 2 is 1.77 bits per heavy atom. The zero-order valence-electron chi connectivity index (χ0n) is 21.8. The third-order valence-corrected chi connectivity index (χ3v) is 9.76. The average Bonchev–Trinajstić information content (AvgIpc) is 2.96. The van der Waals surface area contributed by atoms with Crippen molar-refractivity contribution in [2.45, 2.75) is 51.6 Å². The van der Waals surface area contributed by atoms with E-state index in [1.807, 2.05) is 49.4 Å². The highest BCUT2D eigenvalue weighted by atomic mass is 79.9. The number of fused-ring (bicyclic) bond motifs is 1. The van der Waals surface area contributed by atoms with E-state index in [0.29, 0.717) is 50.9 Å². The zero-order chi connectivity index (χ0) is 28.2. The second-order valence-electron chi connectivity index (χ2n) is 9.60. The molecule has 0 unspecified atom stereocenters. The van der Waals surface area contributed by atoms with Gasteiger partial charge in [-0.15, -0.1) is 0 Å². The molecule has 1 aromatic heterocycles. The first-order valence-corrected chi connectivity index (χ1v) is 15.9. The van der Waals surface area contributed by atoms with Gasteiger partial charge < -0.3 is 9.47 Å². The standard InChI is InChI=1S/C30H27Br3ClN3O3/c1-2-39-25-14-20(26(32)27(33)28(25)40-17-18-8-11-22(34)12-9-18)16-35-37-29(19-6-4-3-5-7-19)36-24-13-10-21(31)15-23(24)30(37)38/h8-16,19H,2-7,17H2,1H3. The van der Waals surface area contributed by atoms with Crippen molar-refractivity contribution in [2.75, 3.05) is 6.61 Å². The highest BCUT2D eigenvalue weighted by Crippen LogP contribution is 2.43. The predicted octanol–water partition coefficient (Wildman–Crippen LogP) is 9.24. The van der Waals surface area contributed by atoms with Gasteiger partial charge in [-0.2, -0.15) is 9.78 Å². The Morgan fingerprint density at radius 1 is 1.02 bits per heavy atom. The maximum absolute atomic E-state index is 13.7. The van der Waals surface area contributed by atoms with Crippen molar-refractivity contribution < 1.29 is 9.47 Å². The van der Waals surface area contributed by atoms with Crippen LogP contribution in [0.3, 0.4) is 0 Å². The van der Waals surface area contributed by atoms with Crippen LogP contribution in [-0.2, 0) is 6.61 Å². The first kappa shape index (κ1) is 29.3. The SMILES string of the molecule is CCOc1cc(C=Nn2c(C3CCCCC3)nc3ccc(Br)cc3c2=O)c(Br)c(Br)c1OCc1ccc(Cl)cc1. The summed E-state index contributed by atoms with van der Waals surface area (Å²) in [6, 6.07) is 15.0. The Labute approximate surface area is 263 Å². The number of hydrogen-bond donors (Lipinski definition) is 0. The summed E-state index contributed by atoms with van der Waals surface area (Å²) in [5.74, 6) is 2.02. The van der Waals surface area contributed by atoms with Gasteiger partial charge in [0.15, 0.2) is 11.5 Å². The molecule has 208 valence electrons. The van der Waals surface area contributed by atoms with Crippen molar-refractivity contribution in [3.05, 3.63) is 94.3 Å². The van der Waals surface area contributed by atoms with Gasteiger partial charge in [-0.3, -0.25) is 4.79 Å². The molecule has 0 atom stereocenters. The van der Waals surface area contributed by atoms with E-state index in [2.05, 4.69) is 47.8 Å². The number of halogens is 4. The Kier molecular flexibility index (Phi) is 9.66. The molecular formula is C30H27Br3ClN3O3. The summed E-state index contributed by atoms with van der Waals surface area (Å²) in [6.45, 7) is 2.71. The maximum Gasteiger partial charge on any atom is 0.282 e. The topological polar surface area (TPSA) is 65.7 Å². The van der Waals surface area contributed by atoms with Crippen LogP contribution in [0, 0.1) is 0 Å². The van der Waals surface area contributed by atoms with Crippen LogP contribution < -0.4 is 15.0 Å². The van der Waals surface area contributed by atoms with Gasteiger partial charge in [-0.05, 0) is 93.6 Å². The summed E-state index contributed by atoms with van der Waals surface area (Å²) in [6.07, 6.45) is 7.10. The molecule has 10 heteroatoms. The summed E-state index contributed by atoms with van der Waals surface area (Å²) in [5, 5.41) is 5.90. The van der Waals surface area contributed by atoms with E-state index in [1.54, 1.807) is 12.3 Å². The molecule has 1 heterocycles. The lowest BCUT2D eigenvalue weighted by Gasteiger charge is -2.23. The maximum atomic E-state index is 13.7. The van der Waals surface area contributed by atoms with Crippen molar-refractivity contribution in [2.24, 2.45) is 5.10 Å². The van der Waals surface area contributed by atoms with Crippen molar-refractivity contribution in [1.29, 1.82) is 0 Å². The summed E-state index contributed by atoms with van der Waals surface area (Å²) in [5.41, 5.74) is 2.20. The molecule has 5 rings (SSSR count). The van der Waals surface area contributed by atoms with Crippen molar-refractivity contribution in [1.82, 2.24) is 9.66 Å². The number of nitrogens with zero attached hydrogens (tertiary/aromatic N) is 3. The largest absolute Gasteiger partial charge is 0.490 e. The van der Waals surface area contributed by atoms with Crippen LogP contribution in [-0.4, -0.2) is 22.5 Å². The number of rotatable bonds is 8. The second kappa shape index (κ2) is 13.2. The molecule has 1 fully saturated rings. The van der Waals surface area contributed by atoms with Crippen molar-refractivity contribution >= 4 is 76.5 Å². The number of ether oxygens (including phenoxy) is 2. The molecule has 0 radical (unpaired) electrons. The van der Waals surface area contributed by atoms with E-state index in [-0.39, 0.29) is 11.5 Å². The Morgan fingerprint density at radius 3 is 2.50 bits per heavy atom. The minimum Gasteiger partial charge on any atom is -0.490 e. The molecule has 4 aromatic rings. The zero-order valence-corrected chi connectivity index (χ0v) is 27.3. The number of hydrogen-bond acceptors (Lipinski definition) is 5. The second-order valence-corrected chi connectivity index (χ2v) is 12.5. The summed E-state index contributed by atoms with van der Waals surface area (Å²) < 4.78 is 15.8. The lowest BCUT2D eigenvalue weighted by atomic mass is 9.88. The van der Waals surface area contributed by atoms with Gasteiger partial charge in [0.1, 0.15) is 12.4 Å². The summed E-state index contributed by atoms with van der Waals surface area (Å²) in [4.78, 5) is 18.6. The average molecular weight is 753 g/mol. The molecule has 40 heavy (non-hydrogen) atoms. The highest BCUT2D eigenvalue weighted by Gasteiger charge is 2.23. The molecule has 1 saturated carbocycles. The van der Waals surface area contributed by atoms with Gasteiger partial charge in [-0.1, -0.05) is 58.9 Å². The molecular weight excluding hydrogens is 726 g/mol. The monoisotopic (exact) mass is 749 g/mol. The molecule has 0 bridgehead atoms. The molecule has 0 spiro atoms. The minimum atomic E-state index is -0.189. The van der Waals surface area contributed by atoms with Crippen LogP contribution >= 0.6 is 59.4 Å². The van der Waals surface area contributed by atoms with Gasteiger partial charge in [0.25, 0.3) is 5.56 Å². The highest BCUT2D eigenvalue weighted by molar-refractivity contribution is 9.13. The van der Waals surface area contributed by atoms with E-state index in [1.165, 1.54) is 11.1 Å². The molecule has 0 N–H and O–H groups in total. The lowest BCUT2D eigenvalue weighted by molar-refractivity contribution is 0.267. The Hall–Kier alpha value is -2.20. The van der Waals surface area contributed by atoms with Crippen molar-refractivity contribution in [3.63, 3.8) is 0 Å². The fraction of sp³-hybridized carbons (Fsp3) is 0.300. The Balaban J connectivity index is 1.54. The van der Waals surface area contributed by atoms with Crippen LogP contribution in [0.25, 0.3) is 10.9 Å². The minimum absolute atomic E-state index is 0.185. The van der Waals surface area contributed by atoms with Gasteiger partial charge in [-0.25, -0.2) is 4.98 Å². The van der Waals surface area contributed by atoms with E-state index < -0.39 is 0 Å². The first-order valence-electron chi connectivity index (χ1n) is 13.1. The third-order valence-electron chi connectivity index (χ3n) is 6.87. The summed E-state index contributed by atoms with van der Waals surface area (Å²) in [7, 11) is 0. The fourth-order valence-electron chi connectivity index (χ4n) is 4.85. The smallest absolute Gasteiger partial charge is 0.282 e. The van der Waals surface area contributed by atoms with Crippen LogP contribution in [0.5, 0.6) is 11.5 Å². The molecule has 1 aliphatic rings. The molecule has 6 nitrogen and oxygen atoms in total. The van der Waals surface area contributed by atoms with Crippen LogP contribution in [0.4, 0.5) is 0 Å². The molecule has 0 aliphatic heterocycles. The quantitative estimate of drug-likeness (QED) is 0.169. The van der Waals surface area contributed by atoms with Gasteiger partial charge >= 0.3 is 0 Å². The van der Waals surface area contributed by atoms with Gasteiger partial charge in [0.2, 0.25) is 0 Å². The molecule has 0 saturated heterocycles. The van der Waals surface area contributed by atoms with E-state index in [9.17, 15) is 4.79 Å². The van der Waals surface area contributed by atoms with E-state index in [0.717, 1.165) is 45.8 Å². The number of aromatic nitrogens is 2. The molecule has 3 aromatic carbocycles. The fourth-order valence-corrected chi connectivity index (χ4v) is 6.28. The van der Waals surface area contributed by atoms with Crippen LogP contribution in [0.2, 0.25) is 5.02 Å². The van der Waals surface area contributed by atoms with Crippen LogP contribution in [0.15, 0.2) is 71.8 Å². The predicted molar refractivity (Wildman–Crippen MR) is 171 cm³/mol. The third kappa shape index (κ3) is 6.48. The van der Waals surface area contributed by atoms with Gasteiger partial charge in [0, 0.05) is 25.4 Å². The van der Waals surface area contributed by atoms with E-state index in [4.69, 9.17) is 31.2 Å². The molecule has 1 aliphatic carbocycles. The van der Waals surface area contributed by atoms with Crippen molar-refractivity contribution in [3.8, 4) is 11.5 Å². The normalized spacial score (nSPS) is 14.2. The number of benzene rings is 3. The van der Waals surface area contributed by atoms with Gasteiger partial charge in [0.05, 0.1) is 28.2 Å². The Bertz CT molecular complexity index is 1620. The summed E-state index contributed by atoms with van der Waals surface area (Å²) >= 11 is 16.9. The lowest BCUT2D eigenvalue weighted by Crippen LogP contribution is -2.25.